The molecule has 3 heteroatoms. The van der Waals surface area contributed by atoms with Gasteiger partial charge < -0.3 is 14.7 Å². The average molecular weight is 291 g/mol. The molecule has 1 aliphatic rings. The highest BCUT2D eigenvalue weighted by atomic mass is 16.5. The third kappa shape index (κ3) is 3.70. The van der Waals surface area contributed by atoms with Crippen molar-refractivity contribution in [1.82, 2.24) is 4.90 Å². The molecule has 0 spiro atoms. The third-order valence-corrected chi connectivity index (χ3v) is 4.57. The summed E-state index contributed by atoms with van der Waals surface area (Å²) in [6.45, 7) is 6.89. The predicted octanol–water partition coefficient (Wildman–Crippen LogP) is 3.77. The first-order chi connectivity index (χ1) is 10.2. The smallest absolute Gasteiger partial charge is 0.161 e. The molecule has 0 heterocycles. The first kappa shape index (κ1) is 16.2. The van der Waals surface area contributed by atoms with Gasteiger partial charge in [-0.1, -0.05) is 26.3 Å². The molecule has 1 aromatic rings. The lowest BCUT2D eigenvalue weighted by Gasteiger charge is -2.35. The second kappa shape index (κ2) is 7.69. The summed E-state index contributed by atoms with van der Waals surface area (Å²) in [5.74, 6) is 0.952. The van der Waals surface area contributed by atoms with Crippen molar-refractivity contribution in [2.24, 2.45) is 0 Å². The summed E-state index contributed by atoms with van der Waals surface area (Å²) in [4.78, 5) is 2.65. The van der Waals surface area contributed by atoms with E-state index in [4.69, 9.17) is 4.74 Å². The Kier molecular flexibility index (Phi) is 5.92. The molecule has 0 bridgehead atoms. The van der Waals surface area contributed by atoms with Gasteiger partial charge in [-0.15, -0.1) is 0 Å². The molecule has 0 unspecified atom stereocenters. The number of nitrogens with zero attached hydrogens (tertiary/aromatic N) is 1. The second-order valence-corrected chi connectivity index (χ2v) is 6.04. The molecule has 2 rings (SSSR count). The molecule has 3 nitrogen and oxygen atoms in total. The molecule has 1 aliphatic carbocycles. The maximum Gasteiger partial charge on any atom is 0.161 e. The Hall–Kier alpha value is -1.22. The van der Waals surface area contributed by atoms with Crippen LogP contribution in [0.1, 0.15) is 50.7 Å². The first-order valence-corrected chi connectivity index (χ1v) is 8.33. The van der Waals surface area contributed by atoms with Gasteiger partial charge in [0.1, 0.15) is 0 Å². The van der Waals surface area contributed by atoms with E-state index in [1.807, 2.05) is 6.07 Å². The molecule has 0 fully saturated rings. The summed E-state index contributed by atoms with van der Waals surface area (Å²) in [5.41, 5.74) is 2.39. The Bertz CT molecular complexity index is 459. The van der Waals surface area contributed by atoms with Crippen molar-refractivity contribution in [2.45, 2.75) is 58.4 Å². The number of rotatable bonds is 7. The maximum atomic E-state index is 10.3. The van der Waals surface area contributed by atoms with E-state index in [-0.39, 0.29) is 0 Å². The van der Waals surface area contributed by atoms with Crippen LogP contribution >= 0.6 is 0 Å². The van der Waals surface area contributed by atoms with E-state index in [9.17, 15) is 5.11 Å². The normalized spacial score (nSPS) is 17.8. The Balaban J connectivity index is 2.12. The maximum absolute atomic E-state index is 10.3. The van der Waals surface area contributed by atoms with E-state index in [1.165, 1.54) is 37.9 Å². The SMILES string of the molecule is CCCCN(CCC)[C@H]1CCc2c(ccc(OC)c2O)C1. The standard InChI is InChI=1S/C18H29NO2/c1-4-6-12-19(11-5-2)15-8-9-16-14(13-15)7-10-17(21-3)18(16)20/h7,10,15,20H,4-6,8-9,11-13H2,1-3H3/t15-/m0/s1. The first-order valence-electron chi connectivity index (χ1n) is 8.33. The lowest BCUT2D eigenvalue weighted by atomic mass is 9.86. The van der Waals surface area contributed by atoms with Crippen molar-refractivity contribution in [2.75, 3.05) is 20.2 Å². The Morgan fingerprint density at radius 2 is 2.05 bits per heavy atom. The molecule has 0 saturated heterocycles. The summed E-state index contributed by atoms with van der Waals surface area (Å²) in [6.07, 6.45) is 6.88. The lowest BCUT2D eigenvalue weighted by molar-refractivity contribution is 0.176. The van der Waals surface area contributed by atoms with Crippen molar-refractivity contribution in [3.63, 3.8) is 0 Å². The number of benzene rings is 1. The van der Waals surface area contributed by atoms with Gasteiger partial charge in [-0.3, -0.25) is 0 Å². The van der Waals surface area contributed by atoms with E-state index in [0.717, 1.165) is 24.8 Å². The summed E-state index contributed by atoms with van der Waals surface area (Å²) >= 11 is 0. The summed E-state index contributed by atoms with van der Waals surface area (Å²) in [5, 5.41) is 10.3. The summed E-state index contributed by atoms with van der Waals surface area (Å²) < 4.78 is 5.22. The van der Waals surface area contributed by atoms with Crippen molar-refractivity contribution in [1.29, 1.82) is 0 Å². The average Bonchev–Trinajstić information content (AvgIpc) is 2.51. The summed E-state index contributed by atoms with van der Waals surface area (Å²) in [7, 11) is 1.61. The topological polar surface area (TPSA) is 32.7 Å². The Labute approximate surface area is 128 Å². The summed E-state index contributed by atoms with van der Waals surface area (Å²) in [6, 6.07) is 4.65. The van der Waals surface area contributed by atoms with Crippen LogP contribution in [0.2, 0.25) is 0 Å². The number of hydrogen-bond acceptors (Lipinski definition) is 3. The van der Waals surface area contributed by atoms with Crippen LogP contribution in [0.3, 0.4) is 0 Å². The van der Waals surface area contributed by atoms with Gasteiger partial charge in [0.05, 0.1) is 7.11 Å². The minimum absolute atomic E-state index is 0.351. The van der Waals surface area contributed by atoms with Crippen LogP contribution in [0.15, 0.2) is 12.1 Å². The molecular weight excluding hydrogens is 262 g/mol. The number of fused-ring (bicyclic) bond motifs is 1. The van der Waals surface area contributed by atoms with Crippen molar-refractivity contribution >= 4 is 0 Å². The van der Waals surface area contributed by atoms with Crippen molar-refractivity contribution in [3.8, 4) is 11.5 Å². The molecule has 21 heavy (non-hydrogen) atoms. The van der Waals surface area contributed by atoms with Gasteiger partial charge in [0, 0.05) is 11.6 Å². The van der Waals surface area contributed by atoms with E-state index in [2.05, 4.69) is 24.8 Å². The number of hydrogen-bond donors (Lipinski definition) is 1. The van der Waals surface area contributed by atoms with Gasteiger partial charge in [0.25, 0.3) is 0 Å². The molecule has 1 atom stereocenters. The van der Waals surface area contributed by atoms with E-state index < -0.39 is 0 Å². The molecule has 1 aromatic carbocycles. The van der Waals surface area contributed by atoms with Gasteiger partial charge in [-0.05, 0) is 56.8 Å². The highest BCUT2D eigenvalue weighted by Crippen LogP contribution is 2.37. The number of methoxy groups -OCH3 is 1. The minimum atomic E-state index is 0.351. The third-order valence-electron chi connectivity index (χ3n) is 4.57. The minimum Gasteiger partial charge on any atom is -0.504 e. The molecule has 0 aromatic heterocycles. The van der Waals surface area contributed by atoms with Crippen LogP contribution in [-0.4, -0.2) is 36.2 Å². The molecular formula is C18H29NO2. The monoisotopic (exact) mass is 291 g/mol. The highest BCUT2D eigenvalue weighted by Gasteiger charge is 2.26. The van der Waals surface area contributed by atoms with Crippen LogP contribution < -0.4 is 4.74 Å². The Morgan fingerprint density at radius 1 is 1.24 bits per heavy atom. The fraction of sp³-hybridized carbons (Fsp3) is 0.667. The van der Waals surface area contributed by atoms with Gasteiger partial charge in [-0.2, -0.15) is 0 Å². The zero-order valence-corrected chi connectivity index (χ0v) is 13.7. The van der Waals surface area contributed by atoms with E-state index in [1.54, 1.807) is 7.11 Å². The van der Waals surface area contributed by atoms with Crippen LogP contribution in [0.25, 0.3) is 0 Å². The molecule has 0 saturated carbocycles. The number of phenols is 1. The number of unbranched alkanes of at least 4 members (excludes halogenated alkanes) is 1. The van der Waals surface area contributed by atoms with Crippen LogP contribution in [-0.2, 0) is 12.8 Å². The van der Waals surface area contributed by atoms with Crippen LogP contribution in [0, 0.1) is 0 Å². The molecule has 1 N–H and O–H groups in total. The van der Waals surface area contributed by atoms with Gasteiger partial charge >= 0.3 is 0 Å². The molecule has 0 radical (unpaired) electrons. The van der Waals surface area contributed by atoms with Crippen LogP contribution in [0.4, 0.5) is 0 Å². The Morgan fingerprint density at radius 3 is 2.71 bits per heavy atom. The van der Waals surface area contributed by atoms with E-state index in [0.29, 0.717) is 17.5 Å². The molecule has 0 amide bonds. The molecule has 0 aliphatic heterocycles. The van der Waals surface area contributed by atoms with Gasteiger partial charge in [0.15, 0.2) is 11.5 Å². The van der Waals surface area contributed by atoms with Gasteiger partial charge in [0.2, 0.25) is 0 Å². The fourth-order valence-corrected chi connectivity index (χ4v) is 3.40. The predicted molar refractivity (Wildman–Crippen MR) is 87.2 cm³/mol. The van der Waals surface area contributed by atoms with Crippen molar-refractivity contribution in [3.05, 3.63) is 23.3 Å². The van der Waals surface area contributed by atoms with Crippen LogP contribution in [0.5, 0.6) is 11.5 Å². The second-order valence-electron chi connectivity index (χ2n) is 6.04. The lowest BCUT2D eigenvalue weighted by Crippen LogP contribution is -2.40. The number of aromatic hydroxyl groups is 1. The quantitative estimate of drug-likeness (QED) is 0.830. The molecule has 118 valence electrons. The fourth-order valence-electron chi connectivity index (χ4n) is 3.40. The largest absolute Gasteiger partial charge is 0.504 e. The highest BCUT2D eigenvalue weighted by molar-refractivity contribution is 5.51. The van der Waals surface area contributed by atoms with Crippen molar-refractivity contribution < 1.29 is 9.84 Å². The van der Waals surface area contributed by atoms with E-state index >= 15 is 0 Å². The van der Waals surface area contributed by atoms with Gasteiger partial charge in [-0.25, -0.2) is 0 Å². The zero-order valence-electron chi connectivity index (χ0n) is 13.7. The number of ether oxygens (including phenoxy) is 1. The zero-order chi connectivity index (χ0) is 15.2. The number of phenolic OH excluding ortho intramolecular Hbond substituents is 1.